The molecule has 0 aliphatic rings. The summed E-state index contributed by atoms with van der Waals surface area (Å²) in [5.74, 6) is 0.911. The SMILES string of the molecule is c1ccc(-c2nc3cc(-c4cc5c6ccccc6oc5c5c4oc4ccccc45)ccc3n2-c2ccccc2)cc1. The van der Waals surface area contributed by atoms with E-state index in [4.69, 9.17) is 13.8 Å². The molecule has 3 aromatic heterocycles. The van der Waals surface area contributed by atoms with Gasteiger partial charge < -0.3 is 8.83 Å². The molecule has 3 heterocycles. The Morgan fingerprint density at radius 2 is 1.17 bits per heavy atom. The quantitative estimate of drug-likeness (QED) is 0.230. The monoisotopic (exact) mass is 526 g/mol. The summed E-state index contributed by atoms with van der Waals surface area (Å²) in [5, 5.41) is 4.23. The predicted molar refractivity (Wildman–Crippen MR) is 166 cm³/mol. The third-order valence-corrected chi connectivity index (χ3v) is 8.00. The van der Waals surface area contributed by atoms with Crippen LogP contribution in [-0.4, -0.2) is 9.55 Å². The fourth-order valence-corrected chi connectivity index (χ4v) is 6.15. The summed E-state index contributed by atoms with van der Waals surface area (Å²) in [6.45, 7) is 0. The minimum absolute atomic E-state index is 0.822. The number of fused-ring (bicyclic) bond motifs is 8. The number of nitrogens with zero attached hydrogens (tertiary/aromatic N) is 2. The van der Waals surface area contributed by atoms with Gasteiger partial charge in [0.25, 0.3) is 0 Å². The summed E-state index contributed by atoms with van der Waals surface area (Å²) in [5.41, 5.74) is 9.58. The van der Waals surface area contributed by atoms with E-state index in [9.17, 15) is 0 Å². The van der Waals surface area contributed by atoms with Gasteiger partial charge >= 0.3 is 0 Å². The van der Waals surface area contributed by atoms with E-state index < -0.39 is 0 Å². The Bertz CT molecular complexity index is 2410. The maximum absolute atomic E-state index is 6.54. The van der Waals surface area contributed by atoms with E-state index in [2.05, 4.69) is 95.6 Å². The van der Waals surface area contributed by atoms with Crippen molar-refractivity contribution < 1.29 is 8.83 Å². The fourth-order valence-electron chi connectivity index (χ4n) is 6.15. The Kier molecular flexibility index (Phi) is 4.58. The summed E-state index contributed by atoms with van der Waals surface area (Å²) in [6, 6.07) is 45.9. The minimum atomic E-state index is 0.822. The molecule has 9 rings (SSSR count). The molecule has 0 aliphatic heterocycles. The molecule has 9 aromatic rings. The van der Waals surface area contributed by atoms with Gasteiger partial charge in [0.2, 0.25) is 0 Å². The van der Waals surface area contributed by atoms with Gasteiger partial charge in [-0.3, -0.25) is 4.57 Å². The van der Waals surface area contributed by atoms with Crippen molar-refractivity contribution in [2.45, 2.75) is 0 Å². The standard InChI is InChI=1S/C37H22N2O2/c1-3-11-23(12-4-1)37-38-30-21-24(19-20-31(30)39(37)25-13-5-2-6-14-25)28-22-29-26-15-7-9-17-32(26)40-36(29)34-27-16-8-10-18-33(27)41-35(28)34/h1-22H. The predicted octanol–water partition coefficient (Wildman–Crippen LogP) is 10.2. The largest absolute Gasteiger partial charge is 0.455 e. The summed E-state index contributed by atoms with van der Waals surface area (Å²) in [6.07, 6.45) is 0. The van der Waals surface area contributed by atoms with Gasteiger partial charge in [0.1, 0.15) is 28.2 Å². The second-order valence-corrected chi connectivity index (χ2v) is 10.4. The van der Waals surface area contributed by atoms with Crippen molar-refractivity contribution in [2.75, 3.05) is 0 Å². The van der Waals surface area contributed by atoms with Gasteiger partial charge in [0, 0.05) is 33.0 Å². The average molecular weight is 527 g/mol. The molecule has 0 aliphatic carbocycles. The third kappa shape index (κ3) is 3.25. The summed E-state index contributed by atoms with van der Waals surface area (Å²) < 4.78 is 15.2. The van der Waals surface area contributed by atoms with Crippen LogP contribution in [0.5, 0.6) is 0 Å². The number of benzene rings is 6. The maximum atomic E-state index is 6.54. The molecular weight excluding hydrogens is 504 g/mol. The molecule has 0 unspecified atom stereocenters. The fraction of sp³-hybridized carbons (Fsp3) is 0. The summed E-state index contributed by atoms with van der Waals surface area (Å²) in [7, 11) is 0. The van der Waals surface area contributed by atoms with E-state index in [0.717, 1.165) is 83.1 Å². The van der Waals surface area contributed by atoms with Gasteiger partial charge in [-0.25, -0.2) is 4.98 Å². The molecule has 0 saturated heterocycles. The molecule has 0 spiro atoms. The normalized spacial score (nSPS) is 11.9. The Morgan fingerprint density at radius 3 is 1.98 bits per heavy atom. The van der Waals surface area contributed by atoms with E-state index in [1.54, 1.807) is 0 Å². The number of hydrogen-bond acceptors (Lipinski definition) is 3. The van der Waals surface area contributed by atoms with Crippen LogP contribution in [-0.2, 0) is 0 Å². The third-order valence-electron chi connectivity index (χ3n) is 8.00. The number of furan rings is 2. The van der Waals surface area contributed by atoms with Gasteiger partial charge in [0.15, 0.2) is 0 Å². The van der Waals surface area contributed by atoms with E-state index in [-0.39, 0.29) is 0 Å². The highest BCUT2D eigenvalue weighted by atomic mass is 16.3. The molecule has 0 atom stereocenters. The first-order valence-corrected chi connectivity index (χ1v) is 13.7. The smallest absolute Gasteiger partial charge is 0.147 e. The summed E-state index contributed by atoms with van der Waals surface area (Å²) in [4.78, 5) is 5.18. The average Bonchev–Trinajstić information content (AvgIpc) is 3.72. The Hall–Kier alpha value is -5.61. The molecule has 0 N–H and O–H groups in total. The van der Waals surface area contributed by atoms with Crippen LogP contribution < -0.4 is 0 Å². The van der Waals surface area contributed by atoms with Crippen LogP contribution in [0.25, 0.3) is 83.1 Å². The zero-order chi connectivity index (χ0) is 26.9. The van der Waals surface area contributed by atoms with E-state index in [1.807, 2.05) is 42.5 Å². The number of aromatic nitrogens is 2. The van der Waals surface area contributed by atoms with E-state index >= 15 is 0 Å². The summed E-state index contributed by atoms with van der Waals surface area (Å²) >= 11 is 0. The van der Waals surface area contributed by atoms with Gasteiger partial charge in [-0.15, -0.1) is 0 Å². The highest BCUT2D eigenvalue weighted by Gasteiger charge is 2.21. The minimum Gasteiger partial charge on any atom is -0.455 e. The molecular formula is C37H22N2O2. The Morgan fingerprint density at radius 1 is 0.512 bits per heavy atom. The lowest BCUT2D eigenvalue weighted by molar-refractivity contribution is 0.663. The van der Waals surface area contributed by atoms with Crippen LogP contribution >= 0.6 is 0 Å². The topological polar surface area (TPSA) is 44.1 Å². The molecule has 0 amide bonds. The zero-order valence-electron chi connectivity index (χ0n) is 21.9. The lowest BCUT2D eigenvalue weighted by Crippen LogP contribution is -1.97. The second kappa shape index (κ2) is 8.44. The molecule has 4 heteroatoms. The van der Waals surface area contributed by atoms with Crippen molar-refractivity contribution in [2.24, 2.45) is 0 Å². The van der Waals surface area contributed by atoms with Crippen molar-refractivity contribution in [3.05, 3.63) is 133 Å². The van der Waals surface area contributed by atoms with E-state index in [0.29, 0.717) is 0 Å². The Balaban J connectivity index is 1.36. The molecule has 0 bridgehead atoms. The van der Waals surface area contributed by atoms with Gasteiger partial charge in [-0.1, -0.05) is 91.0 Å². The molecule has 192 valence electrons. The van der Waals surface area contributed by atoms with Crippen LogP contribution in [0, 0.1) is 0 Å². The highest BCUT2D eigenvalue weighted by molar-refractivity contribution is 6.25. The molecule has 6 aromatic carbocycles. The zero-order valence-corrected chi connectivity index (χ0v) is 21.9. The number of rotatable bonds is 3. The van der Waals surface area contributed by atoms with Crippen molar-refractivity contribution in [1.82, 2.24) is 9.55 Å². The van der Waals surface area contributed by atoms with Crippen LogP contribution in [0.3, 0.4) is 0 Å². The molecule has 0 saturated carbocycles. The van der Waals surface area contributed by atoms with Crippen LogP contribution in [0.1, 0.15) is 0 Å². The number of hydrogen-bond donors (Lipinski definition) is 0. The van der Waals surface area contributed by atoms with Crippen LogP contribution in [0.15, 0.2) is 142 Å². The first-order chi connectivity index (χ1) is 20.3. The molecule has 0 radical (unpaired) electrons. The van der Waals surface area contributed by atoms with Crippen molar-refractivity contribution >= 4 is 54.9 Å². The van der Waals surface area contributed by atoms with Crippen molar-refractivity contribution in [3.63, 3.8) is 0 Å². The first kappa shape index (κ1) is 22.2. The molecule has 4 nitrogen and oxygen atoms in total. The van der Waals surface area contributed by atoms with Gasteiger partial charge in [0.05, 0.1) is 16.4 Å². The maximum Gasteiger partial charge on any atom is 0.147 e. The molecule has 0 fully saturated rings. The van der Waals surface area contributed by atoms with Gasteiger partial charge in [-0.2, -0.15) is 0 Å². The number of imidazole rings is 1. The van der Waals surface area contributed by atoms with Crippen molar-refractivity contribution in [1.29, 1.82) is 0 Å². The van der Waals surface area contributed by atoms with Crippen LogP contribution in [0.4, 0.5) is 0 Å². The van der Waals surface area contributed by atoms with Gasteiger partial charge in [-0.05, 0) is 48.0 Å². The van der Waals surface area contributed by atoms with E-state index in [1.165, 1.54) is 0 Å². The lowest BCUT2D eigenvalue weighted by Gasteiger charge is -2.10. The lowest BCUT2D eigenvalue weighted by atomic mass is 9.98. The highest BCUT2D eigenvalue weighted by Crippen LogP contribution is 2.44. The first-order valence-electron chi connectivity index (χ1n) is 13.7. The van der Waals surface area contributed by atoms with Crippen LogP contribution in [0.2, 0.25) is 0 Å². The van der Waals surface area contributed by atoms with Crippen molar-refractivity contribution in [3.8, 4) is 28.2 Å². The number of para-hydroxylation sites is 3. The molecule has 41 heavy (non-hydrogen) atoms. The Labute approximate surface area is 234 Å². The second-order valence-electron chi connectivity index (χ2n) is 10.4.